The zero-order chi connectivity index (χ0) is 24.0. The lowest BCUT2D eigenvalue weighted by Gasteiger charge is -2.30. The number of carbonyl (C=O) groups is 1. The van der Waals surface area contributed by atoms with E-state index in [4.69, 9.17) is 28.7 Å². The van der Waals surface area contributed by atoms with Crippen molar-refractivity contribution >= 4 is 5.97 Å². The molecule has 7 nitrogen and oxygen atoms in total. The van der Waals surface area contributed by atoms with Crippen LogP contribution in [-0.4, -0.2) is 42.0 Å². The molecule has 2 aromatic rings. The molecule has 0 radical (unpaired) electrons. The average Bonchev–Trinajstić information content (AvgIpc) is 3.23. The van der Waals surface area contributed by atoms with E-state index in [1.807, 2.05) is 24.3 Å². The Kier molecular flexibility index (Phi) is 8.54. The van der Waals surface area contributed by atoms with E-state index in [2.05, 4.69) is 13.8 Å². The van der Waals surface area contributed by atoms with Crippen LogP contribution in [0.25, 0.3) is 11.5 Å². The predicted molar refractivity (Wildman–Crippen MR) is 126 cm³/mol. The number of hydrogen-bond acceptors (Lipinski definition) is 6. The van der Waals surface area contributed by atoms with Gasteiger partial charge >= 0.3 is 5.97 Å². The molecule has 33 heavy (non-hydrogen) atoms. The Morgan fingerprint density at radius 1 is 1.24 bits per heavy atom. The number of aromatic nitrogens is 1. The molecule has 1 aromatic carbocycles. The van der Waals surface area contributed by atoms with E-state index in [0.717, 1.165) is 48.5 Å². The molecule has 1 aromatic heterocycles. The second kappa shape index (κ2) is 11.2. The van der Waals surface area contributed by atoms with Crippen LogP contribution in [0.1, 0.15) is 70.8 Å². The molecule has 7 heteroatoms. The van der Waals surface area contributed by atoms with Gasteiger partial charge < -0.3 is 23.7 Å². The highest BCUT2D eigenvalue weighted by Gasteiger charge is 2.37. The summed E-state index contributed by atoms with van der Waals surface area (Å²) in [5, 5.41) is 7.33. The number of oxazole rings is 1. The van der Waals surface area contributed by atoms with Crippen molar-refractivity contribution in [1.29, 1.82) is 0 Å². The molecule has 0 bridgehead atoms. The van der Waals surface area contributed by atoms with Crippen LogP contribution in [0.2, 0.25) is 0 Å². The number of ether oxygens (including phenoxy) is 3. The molecule has 182 valence electrons. The van der Waals surface area contributed by atoms with Crippen molar-refractivity contribution in [3.05, 3.63) is 35.7 Å². The van der Waals surface area contributed by atoms with E-state index in [9.17, 15) is 4.79 Å². The van der Waals surface area contributed by atoms with Crippen molar-refractivity contribution in [2.24, 2.45) is 11.8 Å². The number of hydrogen-bond donors (Lipinski definition) is 0. The Morgan fingerprint density at radius 3 is 2.64 bits per heavy atom. The second-order valence-corrected chi connectivity index (χ2v) is 9.78. The van der Waals surface area contributed by atoms with Gasteiger partial charge in [0, 0.05) is 22.9 Å². The molecular weight excluding hydrogens is 422 g/mol. The molecule has 0 amide bonds. The van der Waals surface area contributed by atoms with Crippen molar-refractivity contribution < 1.29 is 28.5 Å². The van der Waals surface area contributed by atoms with Crippen LogP contribution >= 0.6 is 0 Å². The molecule has 1 fully saturated rings. The summed E-state index contributed by atoms with van der Waals surface area (Å²) in [5.41, 5.74) is 0.686. The fourth-order valence-corrected chi connectivity index (χ4v) is 4.22. The monoisotopic (exact) mass is 460 g/mol. The summed E-state index contributed by atoms with van der Waals surface area (Å²) >= 11 is 0. The summed E-state index contributed by atoms with van der Waals surface area (Å²) in [6, 6.07) is 7.70. The van der Waals surface area contributed by atoms with E-state index in [1.165, 1.54) is 0 Å². The fraction of sp³-hybridized carbons (Fsp3) is 0.615. The van der Waals surface area contributed by atoms with Gasteiger partial charge in [0.05, 0.1) is 20.3 Å². The number of methoxy groups -OCH3 is 1. The van der Waals surface area contributed by atoms with Crippen molar-refractivity contribution in [3.63, 3.8) is 0 Å². The molecular formula is C26H38NO6+. The SMILES string of the molecule is COc1cccc(-c2nc(COC[C@@H]3CCC[C@H](COC(C)(C)C(=O)[OH2+])C3)c(C(C)C)o2)c1. The Morgan fingerprint density at radius 2 is 1.97 bits per heavy atom. The van der Waals surface area contributed by atoms with Crippen LogP contribution in [0, 0.1) is 11.8 Å². The predicted octanol–water partition coefficient (Wildman–Crippen LogP) is 4.84. The summed E-state index contributed by atoms with van der Waals surface area (Å²) in [6.07, 6.45) is 4.34. The van der Waals surface area contributed by atoms with Gasteiger partial charge in [-0.2, -0.15) is 0 Å². The Balaban J connectivity index is 1.56. The van der Waals surface area contributed by atoms with E-state index >= 15 is 0 Å². The third-order valence-corrected chi connectivity index (χ3v) is 6.28. The highest BCUT2D eigenvalue weighted by molar-refractivity contribution is 5.76. The van der Waals surface area contributed by atoms with Crippen LogP contribution in [0.5, 0.6) is 5.75 Å². The molecule has 0 spiro atoms. The first-order chi connectivity index (χ1) is 15.7. The minimum Gasteiger partial charge on any atom is -0.563 e. The van der Waals surface area contributed by atoms with Gasteiger partial charge in [0.1, 0.15) is 17.2 Å². The topological polar surface area (TPSA) is 93.7 Å². The summed E-state index contributed by atoms with van der Waals surface area (Å²) in [6.45, 7) is 9.10. The summed E-state index contributed by atoms with van der Waals surface area (Å²) < 4.78 is 23.3. The zero-order valence-electron chi connectivity index (χ0n) is 20.5. The van der Waals surface area contributed by atoms with Crippen LogP contribution < -0.4 is 4.74 Å². The van der Waals surface area contributed by atoms with Crippen molar-refractivity contribution in [2.45, 2.75) is 71.5 Å². The first kappa shape index (κ1) is 25.2. The molecule has 2 atom stereocenters. The van der Waals surface area contributed by atoms with Gasteiger partial charge in [0.25, 0.3) is 0 Å². The maximum Gasteiger partial charge on any atom is 0.547 e. The first-order valence-electron chi connectivity index (χ1n) is 11.8. The highest BCUT2D eigenvalue weighted by atomic mass is 16.5. The lowest BCUT2D eigenvalue weighted by Crippen LogP contribution is -2.37. The molecule has 0 saturated heterocycles. The maximum absolute atomic E-state index is 11.4. The van der Waals surface area contributed by atoms with Gasteiger partial charge in [-0.25, -0.2) is 4.98 Å². The number of nitrogens with zero attached hydrogens (tertiary/aromatic N) is 1. The molecule has 0 aliphatic heterocycles. The summed E-state index contributed by atoms with van der Waals surface area (Å²) in [4.78, 5) is 16.1. The van der Waals surface area contributed by atoms with Gasteiger partial charge in [0.2, 0.25) is 11.5 Å². The van der Waals surface area contributed by atoms with Gasteiger partial charge in [0.15, 0.2) is 0 Å². The lowest BCUT2D eigenvalue weighted by atomic mass is 9.82. The Bertz CT molecular complexity index is 919. The third-order valence-electron chi connectivity index (χ3n) is 6.28. The normalized spacial score (nSPS) is 19.1. The highest BCUT2D eigenvalue weighted by Crippen LogP contribution is 2.32. The largest absolute Gasteiger partial charge is 0.563 e. The van der Waals surface area contributed by atoms with Crippen LogP contribution in [-0.2, 0) is 20.9 Å². The summed E-state index contributed by atoms with van der Waals surface area (Å²) in [7, 11) is 1.64. The second-order valence-electron chi connectivity index (χ2n) is 9.78. The first-order valence-corrected chi connectivity index (χ1v) is 11.8. The molecule has 3 rings (SSSR count). The Labute approximate surface area is 196 Å². The van der Waals surface area contributed by atoms with Crippen molar-refractivity contribution in [1.82, 2.24) is 4.98 Å². The van der Waals surface area contributed by atoms with Gasteiger partial charge in [-0.1, -0.05) is 26.3 Å². The Hall–Kier alpha value is -2.38. The standard InChI is InChI=1S/C26H37NO6/c1-17(2)23-22(27-24(33-23)20-10-7-11-21(13-20)30-5)16-31-14-18-8-6-9-19(12-18)15-32-26(3,4)25(28)29/h7,10-11,13,17-19H,6,8-9,12,14-16H2,1-5H3,(H,28,29)/p+1/t18-,19+/m1/s1. The fourth-order valence-electron chi connectivity index (χ4n) is 4.22. The number of rotatable bonds is 11. The average molecular weight is 461 g/mol. The van der Waals surface area contributed by atoms with Gasteiger partial charge in [-0.15, -0.1) is 0 Å². The molecule has 1 heterocycles. The van der Waals surface area contributed by atoms with Crippen molar-refractivity contribution in [3.8, 4) is 17.2 Å². The van der Waals surface area contributed by atoms with E-state index in [1.54, 1.807) is 21.0 Å². The molecule has 2 N–H and O–H groups in total. The number of benzene rings is 1. The van der Waals surface area contributed by atoms with Crippen LogP contribution in [0.15, 0.2) is 28.7 Å². The van der Waals surface area contributed by atoms with Crippen LogP contribution in [0.3, 0.4) is 0 Å². The van der Waals surface area contributed by atoms with Gasteiger partial charge in [-0.05, 0) is 63.1 Å². The quantitative estimate of drug-likeness (QED) is 0.445. The molecule has 1 aliphatic rings. The lowest BCUT2D eigenvalue weighted by molar-refractivity contribution is -0.163. The van der Waals surface area contributed by atoms with E-state index < -0.39 is 11.6 Å². The van der Waals surface area contributed by atoms with Crippen molar-refractivity contribution in [2.75, 3.05) is 20.3 Å². The van der Waals surface area contributed by atoms with E-state index in [-0.39, 0.29) is 5.92 Å². The third kappa shape index (κ3) is 6.81. The summed E-state index contributed by atoms with van der Waals surface area (Å²) in [5.74, 6) is 2.57. The zero-order valence-corrected chi connectivity index (χ0v) is 20.5. The van der Waals surface area contributed by atoms with Crippen LogP contribution in [0.4, 0.5) is 0 Å². The smallest absolute Gasteiger partial charge is 0.547 e. The molecule has 0 unspecified atom stereocenters. The maximum atomic E-state index is 11.4. The van der Waals surface area contributed by atoms with Gasteiger partial charge in [-0.3, -0.25) is 0 Å². The minimum absolute atomic E-state index is 0.203. The molecule has 1 saturated carbocycles. The van der Waals surface area contributed by atoms with E-state index in [0.29, 0.717) is 37.5 Å². The number of carbonyl (C=O) groups excluding carboxylic acids is 1. The molecule has 1 aliphatic carbocycles. The minimum atomic E-state index is -1.04.